The Kier molecular flexibility index (Phi) is 7.04. The quantitative estimate of drug-likeness (QED) is 0.423. The van der Waals surface area contributed by atoms with Gasteiger partial charge in [-0.3, -0.25) is 9.48 Å². The Balaban J connectivity index is 1.63. The van der Waals surface area contributed by atoms with Crippen molar-refractivity contribution in [3.05, 3.63) is 46.4 Å². The van der Waals surface area contributed by atoms with Crippen LogP contribution in [0.25, 0.3) is 10.6 Å². The summed E-state index contributed by atoms with van der Waals surface area (Å²) in [5, 5.41) is 6.36. The van der Waals surface area contributed by atoms with E-state index in [2.05, 4.69) is 15.4 Å². The van der Waals surface area contributed by atoms with Gasteiger partial charge in [0.2, 0.25) is 0 Å². The predicted molar refractivity (Wildman–Crippen MR) is 124 cm³/mol. The van der Waals surface area contributed by atoms with Crippen LogP contribution in [0.3, 0.4) is 0 Å². The van der Waals surface area contributed by atoms with Crippen LogP contribution in [-0.2, 0) is 18.0 Å². The van der Waals surface area contributed by atoms with Crippen molar-refractivity contribution < 1.29 is 27.1 Å². The van der Waals surface area contributed by atoms with Crippen LogP contribution in [0.1, 0.15) is 40.7 Å². The van der Waals surface area contributed by atoms with Crippen LogP contribution in [0.15, 0.2) is 24.4 Å². The largest absolute Gasteiger partial charge is 0.417 e. The molecule has 0 spiro atoms. The van der Waals surface area contributed by atoms with Crippen molar-refractivity contribution in [3.8, 4) is 10.6 Å². The molecule has 0 saturated carbocycles. The van der Waals surface area contributed by atoms with E-state index in [1.165, 1.54) is 23.0 Å². The molecule has 0 unspecified atom stereocenters. The predicted octanol–water partition coefficient (Wildman–Crippen LogP) is 4.57. The number of carbonyl (C=O) groups excluding carboxylic acids is 1. The highest BCUT2D eigenvalue weighted by Gasteiger charge is 2.36. The van der Waals surface area contributed by atoms with E-state index in [-0.39, 0.29) is 38.6 Å². The molecular weight excluding hydrogens is 512 g/mol. The zero-order chi connectivity index (χ0) is 25.5. The molecule has 14 heteroatoms. The first-order valence-electron chi connectivity index (χ1n) is 10.4. The third kappa shape index (κ3) is 5.13. The number of nitrogen functional groups attached to an aromatic ring is 1. The van der Waals surface area contributed by atoms with Crippen molar-refractivity contribution >= 4 is 39.5 Å². The number of hydrogen-bond acceptors (Lipinski definition) is 7. The first-order valence-corrected chi connectivity index (χ1v) is 11.6. The molecule has 3 atom stereocenters. The second kappa shape index (κ2) is 9.72. The fraction of sp³-hybridized carbons (Fsp3) is 0.381. The lowest BCUT2D eigenvalue weighted by molar-refractivity contribution is -0.137. The highest BCUT2D eigenvalue weighted by Crippen LogP contribution is 2.43. The second-order valence-electron chi connectivity index (χ2n) is 7.99. The van der Waals surface area contributed by atoms with Crippen molar-refractivity contribution in [3.63, 3.8) is 0 Å². The van der Waals surface area contributed by atoms with Gasteiger partial charge in [-0.2, -0.15) is 18.3 Å². The molecule has 2 aromatic heterocycles. The standard InChI is InChI=1S/C21H21ClF4N6O2S/c1-32-17(14-6-5-12(27)11(23)8-34-14)13(7-29-32)30-19(33)16-18(28)35-20(31-16)15-9(21(24,25)26)3-2-4-10(15)22/h2-4,7,11-12,14H,5-6,8,27-28H2,1H3,(H,30,33)/t11-,12-,14+/m1/s1. The van der Waals surface area contributed by atoms with Gasteiger partial charge in [0.1, 0.15) is 22.3 Å². The van der Waals surface area contributed by atoms with Crippen molar-refractivity contribution in [2.45, 2.75) is 37.3 Å². The number of carbonyl (C=O) groups is 1. The highest BCUT2D eigenvalue weighted by molar-refractivity contribution is 7.19. The average molecular weight is 533 g/mol. The van der Waals surface area contributed by atoms with E-state index < -0.39 is 36.0 Å². The summed E-state index contributed by atoms with van der Waals surface area (Å²) < 4.78 is 61.7. The molecular formula is C21H21ClF4N6O2S. The summed E-state index contributed by atoms with van der Waals surface area (Å²) in [6.07, 6.45) is -4.43. The molecule has 1 saturated heterocycles. The van der Waals surface area contributed by atoms with E-state index in [0.29, 0.717) is 29.9 Å². The average Bonchev–Trinajstić information content (AvgIpc) is 3.29. The Morgan fingerprint density at radius 3 is 2.80 bits per heavy atom. The topological polar surface area (TPSA) is 121 Å². The maximum atomic E-state index is 14.0. The minimum Gasteiger partial charge on any atom is -0.389 e. The zero-order valence-corrected chi connectivity index (χ0v) is 19.8. The van der Waals surface area contributed by atoms with Crippen LogP contribution in [0.2, 0.25) is 5.02 Å². The number of alkyl halides is 4. The van der Waals surface area contributed by atoms with E-state index in [4.69, 9.17) is 27.8 Å². The van der Waals surface area contributed by atoms with Crippen molar-refractivity contribution in [2.24, 2.45) is 12.8 Å². The number of rotatable bonds is 4. The van der Waals surface area contributed by atoms with Crippen LogP contribution in [0.4, 0.5) is 28.3 Å². The SMILES string of the molecule is Cn1ncc(NC(=O)c2nc(-c3c(Cl)cccc3C(F)(F)F)sc2N)c1[C@@H]1CC[C@@H](N)[C@H](F)CO1. The van der Waals surface area contributed by atoms with Crippen molar-refractivity contribution in [1.29, 1.82) is 0 Å². The highest BCUT2D eigenvalue weighted by atomic mass is 35.5. The number of nitrogens with zero attached hydrogens (tertiary/aromatic N) is 3. The summed E-state index contributed by atoms with van der Waals surface area (Å²) in [6.45, 7) is -0.202. The number of nitrogens with two attached hydrogens (primary N) is 2. The monoisotopic (exact) mass is 532 g/mol. The van der Waals surface area contributed by atoms with Crippen LogP contribution in [-0.4, -0.2) is 39.5 Å². The number of halogens is 5. The van der Waals surface area contributed by atoms with Crippen molar-refractivity contribution in [2.75, 3.05) is 17.7 Å². The third-order valence-corrected chi connectivity index (χ3v) is 6.84. The van der Waals surface area contributed by atoms with Gasteiger partial charge in [0.25, 0.3) is 5.91 Å². The Labute approximate surface area is 206 Å². The lowest BCUT2D eigenvalue weighted by Gasteiger charge is -2.17. The number of amides is 1. The number of benzene rings is 1. The fourth-order valence-electron chi connectivity index (χ4n) is 3.84. The van der Waals surface area contributed by atoms with Crippen LogP contribution in [0, 0.1) is 0 Å². The van der Waals surface area contributed by atoms with Gasteiger partial charge in [0.05, 0.1) is 34.8 Å². The fourth-order valence-corrected chi connectivity index (χ4v) is 5.06. The van der Waals surface area contributed by atoms with Gasteiger partial charge in [-0.05, 0) is 25.0 Å². The molecule has 0 bridgehead atoms. The zero-order valence-electron chi connectivity index (χ0n) is 18.3. The molecule has 1 amide bonds. The van der Waals surface area contributed by atoms with E-state index in [0.717, 1.165) is 6.07 Å². The van der Waals surface area contributed by atoms with Crippen LogP contribution in [0.5, 0.6) is 0 Å². The Bertz CT molecular complexity index is 1240. The number of aromatic nitrogens is 3. The van der Waals surface area contributed by atoms with Gasteiger partial charge in [0, 0.05) is 18.7 Å². The van der Waals surface area contributed by atoms with Gasteiger partial charge in [-0.25, -0.2) is 9.37 Å². The Morgan fingerprint density at radius 1 is 1.34 bits per heavy atom. The van der Waals surface area contributed by atoms with Gasteiger partial charge < -0.3 is 21.5 Å². The van der Waals surface area contributed by atoms with E-state index in [1.54, 1.807) is 7.05 Å². The number of hydrogen-bond donors (Lipinski definition) is 3. The molecule has 0 aliphatic carbocycles. The third-order valence-electron chi connectivity index (χ3n) is 5.62. The summed E-state index contributed by atoms with van der Waals surface area (Å²) in [7, 11) is 1.64. The second-order valence-corrected chi connectivity index (χ2v) is 9.43. The van der Waals surface area contributed by atoms with Gasteiger partial charge >= 0.3 is 6.18 Å². The van der Waals surface area contributed by atoms with Crippen molar-refractivity contribution in [1.82, 2.24) is 14.8 Å². The molecule has 8 nitrogen and oxygen atoms in total. The molecule has 1 aromatic carbocycles. The minimum absolute atomic E-state index is 0.0899. The molecule has 1 aliphatic heterocycles. The van der Waals surface area contributed by atoms with Gasteiger partial charge in [0.15, 0.2) is 5.69 Å². The number of ether oxygens (including phenoxy) is 1. The summed E-state index contributed by atoms with van der Waals surface area (Å²) in [4.78, 5) is 17.1. The molecule has 35 heavy (non-hydrogen) atoms. The summed E-state index contributed by atoms with van der Waals surface area (Å²) in [5.41, 5.74) is 10.9. The normalized spacial score (nSPS) is 21.1. The van der Waals surface area contributed by atoms with E-state index >= 15 is 0 Å². The maximum absolute atomic E-state index is 14.0. The van der Waals surface area contributed by atoms with Gasteiger partial charge in [-0.1, -0.05) is 29.0 Å². The minimum atomic E-state index is -4.69. The Hall–Kier alpha value is -2.74. The maximum Gasteiger partial charge on any atom is 0.417 e. The molecule has 1 fully saturated rings. The molecule has 4 rings (SSSR count). The van der Waals surface area contributed by atoms with E-state index in [9.17, 15) is 22.4 Å². The van der Waals surface area contributed by atoms with Crippen LogP contribution < -0.4 is 16.8 Å². The first kappa shape index (κ1) is 25.4. The molecule has 3 heterocycles. The first-order chi connectivity index (χ1) is 16.5. The summed E-state index contributed by atoms with van der Waals surface area (Å²) in [6, 6.07) is 2.69. The summed E-state index contributed by atoms with van der Waals surface area (Å²) in [5.74, 6) is -0.756. The lowest BCUT2D eigenvalue weighted by atomic mass is 10.0. The number of aryl methyl sites for hydroxylation is 1. The molecule has 5 N–H and O–H groups in total. The molecule has 188 valence electrons. The number of anilines is 2. The molecule has 0 radical (unpaired) electrons. The Morgan fingerprint density at radius 2 is 2.09 bits per heavy atom. The smallest absolute Gasteiger partial charge is 0.389 e. The van der Waals surface area contributed by atoms with Crippen LogP contribution >= 0.6 is 22.9 Å². The van der Waals surface area contributed by atoms with Gasteiger partial charge in [-0.15, -0.1) is 0 Å². The van der Waals surface area contributed by atoms with E-state index in [1.807, 2.05) is 0 Å². The lowest BCUT2D eigenvalue weighted by Crippen LogP contribution is -2.32. The number of nitrogens with one attached hydrogen (secondary N) is 1. The summed E-state index contributed by atoms with van der Waals surface area (Å²) >= 11 is 6.76. The molecule has 1 aliphatic rings. The number of thiazole rings is 1. The molecule has 3 aromatic rings.